The van der Waals surface area contributed by atoms with Gasteiger partial charge in [0, 0.05) is 0 Å². The molecular weight excluding hydrogens is 252 g/mol. The van der Waals surface area contributed by atoms with Crippen molar-refractivity contribution in [3.63, 3.8) is 0 Å². The molecule has 0 radical (unpaired) electrons. The van der Waals surface area contributed by atoms with Crippen LogP contribution in [0.4, 0.5) is 10.6 Å². The van der Waals surface area contributed by atoms with Crippen LogP contribution in [-0.4, -0.2) is 22.1 Å². The Bertz CT molecular complexity index is 420. The highest BCUT2D eigenvalue weighted by molar-refractivity contribution is 6.29. The number of hydrogen-bond acceptors (Lipinski definition) is 3. The number of hydrogen-bond donors (Lipinski definition) is 2. The van der Waals surface area contributed by atoms with E-state index in [1.165, 1.54) is 11.4 Å². The summed E-state index contributed by atoms with van der Waals surface area (Å²) in [6.45, 7) is 0. The Morgan fingerprint density at radius 2 is 2.11 bits per heavy atom. The second-order valence-corrected chi connectivity index (χ2v) is 4.84. The van der Waals surface area contributed by atoms with Crippen molar-refractivity contribution in [3.05, 3.63) is 23.4 Å². The zero-order valence-electron chi connectivity index (χ0n) is 10.1. The van der Waals surface area contributed by atoms with E-state index in [0.717, 1.165) is 25.7 Å². The molecule has 0 spiro atoms. The summed E-state index contributed by atoms with van der Waals surface area (Å²) >= 11 is 5.81. The fraction of sp³-hybridized carbons (Fsp3) is 0.500. The normalized spacial score (nSPS) is 16.3. The van der Waals surface area contributed by atoms with Gasteiger partial charge in [0.2, 0.25) is 0 Å². The monoisotopic (exact) mass is 268 g/mol. The molecule has 0 bridgehead atoms. The van der Waals surface area contributed by atoms with Crippen molar-refractivity contribution < 1.29 is 4.79 Å². The second-order valence-electron chi connectivity index (χ2n) is 4.46. The minimum Gasteiger partial charge on any atom is -0.350 e. The second kappa shape index (κ2) is 5.91. The molecule has 0 atom stereocenters. The summed E-state index contributed by atoms with van der Waals surface area (Å²) in [6.07, 6.45) is 5.41. The summed E-state index contributed by atoms with van der Waals surface area (Å²) in [7, 11) is 0. The van der Waals surface area contributed by atoms with Gasteiger partial charge < -0.3 is 5.73 Å². The highest BCUT2D eigenvalue weighted by Gasteiger charge is 2.24. The lowest BCUT2D eigenvalue weighted by atomic mass is 9.95. The first-order valence-corrected chi connectivity index (χ1v) is 6.52. The van der Waals surface area contributed by atoms with Crippen LogP contribution >= 0.6 is 11.6 Å². The summed E-state index contributed by atoms with van der Waals surface area (Å²) in [5.74, 6) is 0.534. The van der Waals surface area contributed by atoms with Crippen LogP contribution in [0.1, 0.15) is 32.1 Å². The molecule has 2 rings (SSSR count). The number of nitrogens with two attached hydrogens (primary N) is 1. The molecule has 2 amide bonds. The van der Waals surface area contributed by atoms with Gasteiger partial charge in [-0.3, -0.25) is 5.43 Å². The first-order chi connectivity index (χ1) is 8.66. The summed E-state index contributed by atoms with van der Waals surface area (Å²) in [4.78, 5) is 15.6. The first kappa shape index (κ1) is 13.0. The molecule has 6 heteroatoms. The highest BCUT2D eigenvalue weighted by atomic mass is 35.5. The van der Waals surface area contributed by atoms with Gasteiger partial charge in [-0.15, -0.1) is 0 Å². The fourth-order valence-electron chi connectivity index (χ4n) is 2.26. The van der Waals surface area contributed by atoms with E-state index >= 15 is 0 Å². The van der Waals surface area contributed by atoms with E-state index < -0.39 is 6.03 Å². The number of primary amides is 1. The van der Waals surface area contributed by atoms with Crippen LogP contribution in [0.3, 0.4) is 0 Å². The molecule has 0 unspecified atom stereocenters. The van der Waals surface area contributed by atoms with Gasteiger partial charge in [-0.2, -0.15) is 0 Å². The van der Waals surface area contributed by atoms with Crippen molar-refractivity contribution in [3.8, 4) is 0 Å². The number of halogens is 1. The van der Waals surface area contributed by atoms with Crippen LogP contribution < -0.4 is 11.2 Å². The Morgan fingerprint density at radius 3 is 2.72 bits per heavy atom. The molecule has 18 heavy (non-hydrogen) atoms. The van der Waals surface area contributed by atoms with Gasteiger partial charge in [0.1, 0.15) is 11.0 Å². The minimum atomic E-state index is -0.483. The summed E-state index contributed by atoms with van der Waals surface area (Å²) < 4.78 is 0. The average Bonchev–Trinajstić information content (AvgIpc) is 2.37. The molecule has 0 saturated heterocycles. The largest absolute Gasteiger partial charge is 0.350 e. The number of carbonyl (C=O) groups excluding carboxylic acids is 1. The number of aromatic nitrogens is 1. The summed E-state index contributed by atoms with van der Waals surface area (Å²) in [6, 6.07) is 4.87. The topological polar surface area (TPSA) is 71.2 Å². The lowest BCUT2D eigenvalue weighted by Gasteiger charge is -2.33. The van der Waals surface area contributed by atoms with Crippen molar-refractivity contribution in [1.29, 1.82) is 0 Å². The van der Waals surface area contributed by atoms with Crippen LogP contribution in [0.25, 0.3) is 0 Å². The summed E-state index contributed by atoms with van der Waals surface area (Å²) in [5.41, 5.74) is 8.37. The molecule has 1 fully saturated rings. The summed E-state index contributed by atoms with van der Waals surface area (Å²) in [5, 5.41) is 1.85. The molecule has 1 aromatic rings. The van der Waals surface area contributed by atoms with Gasteiger partial charge in [-0.05, 0) is 25.0 Å². The molecule has 0 aromatic carbocycles. The van der Waals surface area contributed by atoms with E-state index in [0.29, 0.717) is 11.0 Å². The molecule has 1 aliphatic rings. The van der Waals surface area contributed by atoms with Crippen molar-refractivity contribution in [2.75, 3.05) is 5.43 Å². The molecular formula is C12H17ClN4O. The van der Waals surface area contributed by atoms with E-state index in [1.807, 2.05) is 0 Å². The smallest absolute Gasteiger partial charge is 0.333 e. The van der Waals surface area contributed by atoms with Gasteiger partial charge in [0.05, 0.1) is 6.04 Å². The van der Waals surface area contributed by atoms with Gasteiger partial charge in [-0.25, -0.2) is 14.8 Å². The number of nitrogens with one attached hydrogen (secondary N) is 1. The van der Waals surface area contributed by atoms with Gasteiger partial charge >= 0.3 is 6.03 Å². The van der Waals surface area contributed by atoms with Gasteiger partial charge in [0.25, 0.3) is 0 Å². The van der Waals surface area contributed by atoms with E-state index in [1.54, 1.807) is 18.2 Å². The van der Waals surface area contributed by atoms with Crippen LogP contribution in [0.5, 0.6) is 0 Å². The van der Waals surface area contributed by atoms with Crippen LogP contribution in [0.2, 0.25) is 5.15 Å². The number of urea groups is 1. The third-order valence-corrected chi connectivity index (χ3v) is 3.34. The third kappa shape index (κ3) is 3.26. The van der Waals surface area contributed by atoms with Crippen LogP contribution in [-0.2, 0) is 0 Å². The molecule has 0 aliphatic heterocycles. The number of hydrazine groups is 1. The Balaban J connectivity index is 2.08. The quantitative estimate of drug-likeness (QED) is 0.654. The number of rotatable bonds is 3. The van der Waals surface area contributed by atoms with Crippen molar-refractivity contribution >= 4 is 23.4 Å². The standard InChI is InChI=1S/C12H17ClN4O/c13-10-7-4-8-11(15-10)16-17(12(14)18)9-5-2-1-3-6-9/h4,7-9H,1-3,5-6H2,(H2,14,18)(H,15,16). The SMILES string of the molecule is NC(=O)N(Nc1cccc(Cl)n1)C1CCCCC1. The first-order valence-electron chi connectivity index (χ1n) is 6.14. The van der Waals surface area contributed by atoms with Gasteiger partial charge in [0.15, 0.2) is 0 Å². The van der Waals surface area contributed by atoms with E-state index in [4.69, 9.17) is 17.3 Å². The van der Waals surface area contributed by atoms with Crippen LogP contribution in [0.15, 0.2) is 18.2 Å². The lowest BCUT2D eigenvalue weighted by molar-refractivity contribution is 0.181. The maximum atomic E-state index is 11.5. The number of anilines is 1. The maximum absolute atomic E-state index is 11.5. The van der Waals surface area contributed by atoms with Crippen molar-refractivity contribution in [2.45, 2.75) is 38.1 Å². The zero-order chi connectivity index (χ0) is 13.0. The predicted molar refractivity (Wildman–Crippen MR) is 71.2 cm³/mol. The number of pyridine rings is 1. The molecule has 98 valence electrons. The predicted octanol–water partition coefficient (Wildman–Crippen LogP) is 2.78. The van der Waals surface area contributed by atoms with E-state index in [2.05, 4.69) is 10.4 Å². The van der Waals surface area contributed by atoms with Crippen LogP contribution in [0, 0.1) is 0 Å². The Kier molecular flexibility index (Phi) is 4.25. The maximum Gasteiger partial charge on any atom is 0.333 e. The Labute approximate surface area is 111 Å². The third-order valence-electron chi connectivity index (χ3n) is 3.13. The molecule has 3 N–H and O–H groups in total. The molecule has 1 heterocycles. The van der Waals surface area contributed by atoms with Crippen molar-refractivity contribution in [1.82, 2.24) is 9.99 Å². The molecule has 5 nitrogen and oxygen atoms in total. The van der Waals surface area contributed by atoms with E-state index in [9.17, 15) is 4.79 Å². The molecule has 1 aliphatic carbocycles. The minimum absolute atomic E-state index is 0.136. The van der Waals surface area contributed by atoms with Crippen molar-refractivity contribution in [2.24, 2.45) is 5.73 Å². The number of amides is 2. The Morgan fingerprint density at radius 1 is 1.39 bits per heavy atom. The average molecular weight is 269 g/mol. The number of nitrogens with zero attached hydrogens (tertiary/aromatic N) is 2. The molecule has 1 aromatic heterocycles. The lowest BCUT2D eigenvalue weighted by Crippen LogP contribution is -2.48. The zero-order valence-corrected chi connectivity index (χ0v) is 10.9. The Hall–Kier alpha value is -1.49. The van der Waals surface area contributed by atoms with E-state index in [-0.39, 0.29) is 6.04 Å². The number of carbonyl (C=O) groups is 1. The highest BCUT2D eigenvalue weighted by Crippen LogP contribution is 2.23. The molecule has 1 saturated carbocycles. The van der Waals surface area contributed by atoms with Gasteiger partial charge in [-0.1, -0.05) is 36.9 Å². The fourth-order valence-corrected chi connectivity index (χ4v) is 2.42.